The van der Waals surface area contributed by atoms with Crippen molar-refractivity contribution >= 4 is 26.1 Å². The van der Waals surface area contributed by atoms with Gasteiger partial charge in [-0.05, 0) is 5.56 Å². The maximum Gasteiger partial charge on any atom is 0.0154 e. The molecular weight excluding hydrogens is 148 g/mol. The summed E-state index contributed by atoms with van der Waals surface area (Å²) in [4.78, 5) is 0. The lowest BCUT2D eigenvalue weighted by molar-refractivity contribution is 1.43. The minimum atomic E-state index is 0. The first-order chi connectivity index (χ1) is 3.93. The molecule has 0 aromatic heterocycles. The van der Waals surface area contributed by atoms with Crippen molar-refractivity contribution in [3.8, 4) is 0 Å². The van der Waals surface area contributed by atoms with Crippen molar-refractivity contribution in [3.05, 3.63) is 35.9 Å². The monoisotopic (exact) mass is 158 g/mol. The Bertz CT molecular complexity index is 148. The van der Waals surface area contributed by atoms with Gasteiger partial charge in [0.2, 0.25) is 0 Å². The molecule has 1 aromatic carbocycles. The topological polar surface area (TPSA) is 0 Å². The Morgan fingerprint density at radius 2 is 1.67 bits per heavy atom. The zero-order valence-corrected chi connectivity index (χ0v) is 6.94. The number of rotatable bonds is 1. The van der Waals surface area contributed by atoms with Gasteiger partial charge in [-0.3, -0.25) is 0 Å². The lowest BCUT2D eigenvalue weighted by Crippen LogP contribution is -1.71. The van der Waals surface area contributed by atoms with E-state index in [1.165, 1.54) is 5.56 Å². The highest BCUT2D eigenvalue weighted by molar-refractivity contribution is 7.79. The molecule has 50 valence electrons. The van der Waals surface area contributed by atoms with Gasteiger partial charge in [-0.1, -0.05) is 30.3 Å². The second-order valence-electron chi connectivity index (χ2n) is 1.64. The van der Waals surface area contributed by atoms with E-state index in [0.29, 0.717) is 0 Å². The van der Waals surface area contributed by atoms with Crippen molar-refractivity contribution in [1.29, 1.82) is 0 Å². The van der Waals surface area contributed by atoms with Crippen molar-refractivity contribution in [2.45, 2.75) is 5.75 Å². The number of benzene rings is 1. The van der Waals surface area contributed by atoms with Crippen molar-refractivity contribution in [2.24, 2.45) is 0 Å². The van der Waals surface area contributed by atoms with Crippen LogP contribution >= 0.6 is 26.1 Å². The van der Waals surface area contributed by atoms with Gasteiger partial charge in [-0.2, -0.15) is 26.1 Å². The van der Waals surface area contributed by atoms with Gasteiger partial charge in [-0.15, -0.1) is 0 Å². The maximum atomic E-state index is 4.11. The van der Waals surface area contributed by atoms with Crippen LogP contribution in [0.4, 0.5) is 0 Å². The van der Waals surface area contributed by atoms with E-state index in [2.05, 4.69) is 24.8 Å². The Balaban J connectivity index is 0.000000640. The normalized spacial score (nSPS) is 8.11. The van der Waals surface area contributed by atoms with Crippen LogP contribution < -0.4 is 0 Å². The molecule has 0 atom stereocenters. The molecule has 0 bridgehead atoms. The summed E-state index contributed by atoms with van der Waals surface area (Å²) in [5, 5.41) is 0. The van der Waals surface area contributed by atoms with Gasteiger partial charge in [0, 0.05) is 5.75 Å². The third-order valence-electron chi connectivity index (χ3n) is 1.03. The van der Waals surface area contributed by atoms with Crippen LogP contribution in [0.25, 0.3) is 0 Å². The number of hydrogen-bond donors (Lipinski definition) is 1. The molecule has 0 amide bonds. The summed E-state index contributed by atoms with van der Waals surface area (Å²) in [6, 6.07) is 10.2. The Morgan fingerprint density at radius 1 is 1.11 bits per heavy atom. The second kappa shape index (κ2) is 4.77. The van der Waals surface area contributed by atoms with E-state index in [1.807, 2.05) is 18.2 Å². The lowest BCUT2D eigenvalue weighted by Gasteiger charge is -1.89. The molecule has 0 spiro atoms. The first-order valence-corrected chi connectivity index (χ1v) is 3.21. The molecule has 0 aliphatic rings. The molecule has 1 rings (SSSR count). The molecule has 0 aliphatic carbocycles. The third kappa shape index (κ3) is 2.82. The summed E-state index contributed by atoms with van der Waals surface area (Å²) in [6.07, 6.45) is 0. The average Bonchev–Trinajstić information content (AvgIpc) is 1.90. The smallest absolute Gasteiger partial charge is 0.0154 e. The minimum Gasteiger partial charge on any atom is -0.197 e. The van der Waals surface area contributed by atoms with Crippen molar-refractivity contribution in [2.75, 3.05) is 0 Å². The van der Waals surface area contributed by atoms with Crippen LogP contribution in [0.1, 0.15) is 5.56 Å². The van der Waals surface area contributed by atoms with E-state index in [0.717, 1.165) is 5.75 Å². The molecule has 0 fully saturated rings. The first-order valence-electron chi connectivity index (χ1n) is 2.58. The summed E-state index contributed by atoms with van der Waals surface area (Å²) >= 11 is 4.11. The molecule has 0 heterocycles. The predicted molar refractivity (Wildman–Crippen MR) is 49.5 cm³/mol. The third-order valence-corrected chi connectivity index (χ3v) is 1.39. The van der Waals surface area contributed by atoms with Gasteiger partial charge in [0.15, 0.2) is 0 Å². The Morgan fingerprint density at radius 3 is 2.00 bits per heavy atom. The van der Waals surface area contributed by atoms with Gasteiger partial charge < -0.3 is 0 Å². The van der Waals surface area contributed by atoms with Gasteiger partial charge in [0.05, 0.1) is 0 Å². The number of hydrogen-bond acceptors (Lipinski definition) is 1. The molecule has 0 nitrogen and oxygen atoms in total. The fraction of sp³-hybridized carbons (Fsp3) is 0.143. The van der Waals surface area contributed by atoms with E-state index >= 15 is 0 Å². The predicted octanol–water partition coefficient (Wildman–Crippen LogP) is 2.23. The summed E-state index contributed by atoms with van der Waals surface area (Å²) < 4.78 is 0. The molecule has 2 heteroatoms. The summed E-state index contributed by atoms with van der Waals surface area (Å²) in [5.74, 6) is 0.834. The quantitative estimate of drug-likeness (QED) is 0.595. The van der Waals surface area contributed by atoms with Gasteiger partial charge in [0.1, 0.15) is 0 Å². The van der Waals surface area contributed by atoms with Crippen molar-refractivity contribution in [3.63, 3.8) is 0 Å². The molecule has 0 N–H and O–H groups in total. The molecule has 0 aliphatic heterocycles. The first kappa shape index (κ1) is 8.92. The van der Waals surface area contributed by atoms with Crippen molar-refractivity contribution < 1.29 is 0 Å². The standard InChI is InChI=1S/C7H8S.H2S/c8-6-7-4-2-1-3-5-7;/h1-5,8H,6H2;1H2. The van der Waals surface area contributed by atoms with Gasteiger partial charge in [-0.25, -0.2) is 0 Å². The highest BCUT2D eigenvalue weighted by Gasteiger charge is 1.80. The zero-order valence-electron chi connectivity index (χ0n) is 5.04. The van der Waals surface area contributed by atoms with Crippen LogP contribution in [0, 0.1) is 0 Å². The molecule has 0 saturated heterocycles. The Hall–Kier alpha value is -0.0800. The van der Waals surface area contributed by atoms with Crippen LogP contribution in [0.15, 0.2) is 30.3 Å². The van der Waals surface area contributed by atoms with Crippen LogP contribution in [0.2, 0.25) is 0 Å². The molecular formula is C7H10S2. The zero-order chi connectivity index (χ0) is 5.82. The average molecular weight is 158 g/mol. The van der Waals surface area contributed by atoms with Crippen LogP contribution in [-0.2, 0) is 5.75 Å². The van der Waals surface area contributed by atoms with Crippen LogP contribution in [0.5, 0.6) is 0 Å². The van der Waals surface area contributed by atoms with E-state index < -0.39 is 0 Å². The van der Waals surface area contributed by atoms with E-state index in [1.54, 1.807) is 0 Å². The number of thiol groups is 1. The fourth-order valence-electron chi connectivity index (χ4n) is 0.583. The van der Waals surface area contributed by atoms with E-state index in [4.69, 9.17) is 0 Å². The maximum absolute atomic E-state index is 4.11. The van der Waals surface area contributed by atoms with Gasteiger partial charge in [0.25, 0.3) is 0 Å². The summed E-state index contributed by atoms with van der Waals surface area (Å²) in [6.45, 7) is 0. The van der Waals surface area contributed by atoms with Crippen LogP contribution in [0.3, 0.4) is 0 Å². The fourth-order valence-corrected chi connectivity index (χ4v) is 0.794. The molecule has 1 aromatic rings. The second-order valence-corrected chi connectivity index (χ2v) is 1.96. The Kier molecular flexibility index (Phi) is 4.72. The minimum absolute atomic E-state index is 0. The molecule has 0 radical (unpaired) electrons. The van der Waals surface area contributed by atoms with Crippen molar-refractivity contribution in [1.82, 2.24) is 0 Å². The highest BCUT2D eigenvalue weighted by Crippen LogP contribution is 2.00. The van der Waals surface area contributed by atoms with E-state index in [9.17, 15) is 0 Å². The largest absolute Gasteiger partial charge is 0.197 e. The highest BCUT2D eigenvalue weighted by atomic mass is 32.1. The lowest BCUT2D eigenvalue weighted by atomic mass is 10.2. The SMILES string of the molecule is S.SCc1ccccc1. The van der Waals surface area contributed by atoms with Gasteiger partial charge >= 0.3 is 0 Å². The molecule has 9 heavy (non-hydrogen) atoms. The summed E-state index contributed by atoms with van der Waals surface area (Å²) in [5.41, 5.74) is 1.27. The van der Waals surface area contributed by atoms with E-state index in [-0.39, 0.29) is 13.5 Å². The van der Waals surface area contributed by atoms with Crippen LogP contribution in [-0.4, -0.2) is 0 Å². The Labute approximate surface area is 68.1 Å². The molecule has 0 unspecified atom stereocenters. The summed E-state index contributed by atoms with van der Waals surface area (Å²) in [7, 11) is 0. The molecule has 0 saturated carbocycles.